The van der Waals surface area contributed by atoms with E-state index in [1.807, 2.05) is 4.90 Å². The quantitative estimate of drug-likeness (QED) is 0.839. The van der Waals surface area contributed by atoms with Crippen LogP contribution in [0.3, 0.4) is 0 Å². The number of halogens is 1. The van der Waals surface area contributed by atoms with Gasteiger partial charge in [-0.15, -0.1) is 0 Å². The third kappa shape index (κ3) is 3.22. The fraction of sp³-hybridized carbons (Fsp3) is 0.600. The van der Waals surface area contributed by atoms with Crippen molar-refractivity contribution < 1.29 is 13.9 Å². The van der Waals surface area contributed by atoms with Crippen LogP contribution in [0.5, 0.6) is 5.75 Å². The summed E-state index contributed by atoms with van der Waals surface area (Å²) in [6.45, 7) is 3.33. The summed E-state index contributed by atoms with van der Waals surface area (Å²) in [5.74, 6) is 0.681. The lowest BCUT2D eigenvalue weighted by atomic mass is 9.81. The fourth-order valence-corrected chi connectivity index (χ4v) is 4.44. The van der Waals surface area contributed by atoms with E-state index in [1.165, 1.54) is 12.1 Å². The van der Waals surface area contributed by atoms with E-state index < -0.39 is 5.60 Å². The van der Waals surface area contributed by atoms with Gasteiger partial charge >= 0.3 is 0 Å². The summed E-state index contributed by atoms with van der Waals surface area (Å²) in [7, 11) is 2.10. The highest BCUT2D eigenvalue weighted by molar-refractivity contribution is 6.02. The number of carbonyl (C=O) groups is 1. The molecule has 5 nitrogen and oxygen atoms in total. The normalized spacial score (nSPS) is 23.6. The molecule has 0 saturated carbocycles. The second-order valence-electron chi connectivity index (χ2n) is 7.98. The minimum Gasteiger partial charge on any atom is -0.486 e. The van der Waals surface area contributed by atoms with Crippen LogP contribution in [0.1, 0.15) is 37.7 Å². The van der Waals surface area contributed by atoms with Gasteiger partial charge in [0.1, 0.15) is 17.2 Å². The molecule has 2 saturated heterocycles. The molecule has 0 aliphatic carbocycles. The van der Waals surface area contributed by atoms with Gasteiger partial charge in [0.2, 0.25) is 5.91 Å². The van der Waals surface area contributed by atoms with E-state index in [-0.39, 0.29) is 17.6 Å². The largest absolute Gasteiger partial charge is 0.486 e. The summed E-state index contributed by atoms with van der Waals surface area (Å²) in [6, 6.07) is 4.38. The Hall–Kier alpha value is -1.95. The minimum absolute atomic E-state index is 0.148. The van der Waals surface area contributed by atoms with Crippen LogP contribution < -0.4 is 4.74 Å². The van der Waals surface area contributed by atoms with Crippen molar-refractivity contribution in [1.82, 2.24) is 9.80 Å². The molecule has 0 atom stereocenters. The van der Waals surface area contributed by atoms with Crippen LogP contribution in [0.2, 0.25) is 0 Å². The molecule has 1 aromatic carbocycles. The van der Waals surface area contributed by atoms with E-state index in [4.69, 9.17) is 10.1 Å². The highest BCUT2D eigenvalue weighted by atomic mass is 19.1. The van der Waals surface area contributed by atoms with Crippen LogP contribution >= 0.6 is 0 Å². The number of benzene rings is 1. The number of nitrogens with zero attached hydrogens (tertiary/aromatic N) is 2. The van der Waals surface area contributed by atoms with Gasteiger partial charge in [0.15, 0.2) is 0 Å². The first-order chi connectivity index (χ1) is 12.5. The summed E-state index contributed by atoms with van der Waals surface area (Å²) in [5, 5.41) is 8.31. The number of rotatable bonds is 1. The first-order valence-corrected chi connectivity index (χ1v) is 9.49. The Bertz CT molecular complexity index is 720. The molecular weight excluding hydrogens is 333 g/mol. The molecule has 140 valence electrons. The van der Waals surface area contributed by atoms with Crippen LogP contribution in [0, 0.1) is 17.1 Å². The van der Waals surface area contributed by atoms with Gasteiger partial charge < -0.3 is 19.9 Å². The highest BCUT2D eigenvalue weighted by Crippen LogP contribution is 2.39. The zero-order valence-electron chi connectivity index (χ0n) is 15.3. The third-order valence-corrected chi connectivity index (χ3v) is 6.15. The second kappa shape index (κ2) is 6.65. The molecule has 6 heteroatoms. The van der Waals surface area contributed by atoms with Crippen LogP contribution in [0.4, 0.5) is 4.39 Å². The fourth-order valence-electron chi connectivity index (χ4n) is 4.44. The first kappa shape index (κ1) is 17.5. The summed E-state index contributed by atoms with van der Waals surface area (Å²) in [6.07, 6.45) is 3.82. The number of carbonyl (C=O) groups excluding carboxylic acids is 1. The van der Waals surface area contributed by atoms with Crippen LogP contribution in [0.25, 0.3) is 0 Å². The van der Waals surface area contributed by atoms with Crippen LogP contribution in [-0.2, 0) is 4.79 Å². The summed E-state index contributed by atoms with van der Waals surface area (Å²) >= 11 is 0. The second-order valence-corrected chi connectivity index (χ2v) is 7.98. The van der Waals surface area contributed by atoms with Gasteiger partial charge in [0.25, 0.3) is 0 Å². The molecule has 4 rings (SSSR count). The molecule has 1 aromatic rings. The summed E-state index contributed by atoms with van der Waals surface area (Å²) < 4.78 is 19.7. The maximum atomic E-state index is 13.4. The van der Waals surface area contributed by atoms with Gasteiger partial charge in [-0.3, -0.25) is 4.79 Å². The summed E-state index contributed by atoms with van der Waals surface area (Å²) in [5.41, 5.74) is 0.562. The number of ether oxygens (including phenoxy) is 1. The van der Waals surface area contributed by atoms with Crippen molar-refractivity contribution in [1.29, 1.82) is 5.41 Å². The smallest absolute Gasteiger partial charge is 0.225 e. The predicted molar refractivity (Wildman–Crippen MR) is 97.2 cm³/mol. The molecule has 2 fully saturated rings. The Labute approximate surface area is 153 Å². The van der Waals surface area contributed by atoms with Crippen molar-refractivity contribution in [2.24, 2.45) is 5.92 Å². The number of piperidine rings is 2. The topological polar surface area (TPSA) is 56.6 Å². The van der Waals surface area contributed by atoms with Gasteiger partial charge in [-0.1, -0.05) is 0 Å². The van der Waals surface area contributed by atoms with E-state index in [0.717, 1.165) is 38.8 Å². The molecule has 3 heterocycles. The lowest BCUT2D eigenvalue weighted by Gasteiger charge is -2.45. The molecule has 1 amide bonds. The van der Waals surface area contributed by atoms with Crippen molar-refractivity contribution in [3.63, 3.8) is 0 Å². The number of fused-ring (bicyclic) bond motifs is 1. The Kier molecular flexibility index (Phi) is 4.47. The zero-order chi connectivity index (χ0) is 18.3. The monoisotopic (exact) mass is 359 g/mol. The Morgan fingerprint density at radius 2 is 1.92 bits per heavy atom. The Balaban J connectivity index is 1.41. The zero-order valence-corrected chi connectivity index (χ0v) is 15.3. The molecule has 0 bridgehead atoms. The van der Waals surface area contributed by atoms with E-state index in [2.05, 4.69) is 11.9 Å². The Morgan fingerprint density at radius 1 is 1.23 bits per heavy atom. The van der Waals surface area contributed by atoms with Crippen molar-refractivity contribution in [3.8, 4) is 5.75 Å². The van der Waals surface area contributed by atoms with E-state index in [0.29, 0.717) is 36.5 Å². The van der Waals surface area contributed by atoms with Crippen molar-refractivity contribution >= 4 is 11.6 Å². The Morgan fingerprint density at radius 3 is 2.62 bits per heavy atom. The third-order valence-electron chi connectivity index (χ3n) is 6.15. The maximum absolute atomic E-state index is 13.4. The highest BCUT2D eigenvalue weighted by Gasteiger charge is 2.43. The molecule has 3 aliphatic rings. The van der Waals surface area contributed by atoms with E-state index in [9.17, 15) is 9.18 Å². The van der Waals surface area contributed by atoms with Gasteiger partial charge in [0, 0.05) is 49.5 Å². The first-order valence-electron chi connectivity index (χ1n) is 9.49. The van der Waals surface area contributed by atoms with Crippen LogP contribution in [-0.4, -0.2) is 60.2 Å². The summed E-state index contributed by atoms with van der Waals surface area (Å²) in [4.78, 5) is 17.1. The molecular formula is C20H26FN3O2. The number of likely N-dealkylation sites (tertiary alicyclic amines) is 2. The van der Waals surface area contributed by atoms with Crippen molar-refractivity contribution in [2.75, 3.05) is 33.2 Å². The number of hydrogen-bond donors (Lipinski definition) is 1. The van der Waals surface area contributed by atoms with Gasteiger partial charge in [0.05, 0.1) is 0 Å². The SMILES string of the molecule is CN1CCC(C(=O)N2CCC3(CC2)CC(=N)c2cc(F)ccc2O3)CC1. The predicted octanol–water partition coefficient (Wildman–Crippen LogP) is 2.68. The number of amides is 1. The standard InChI is InChI=1S/C20H26FN3O2/c1-23-8-4-14(5-9-23)19(25)24-10-6-20(7-11-24)13-17(22)16-12-15(21)2-3-18(16)26-20/h2-3,12,14,22H,4-11,13H2,1H3. The average molecular weight is 359 g/mol. The van der Waals surface area contributed by atoms with E-state index in [1.54, 1.807) is 6.07 Å². The molecule has 3 aliphatic heterocycles. The van der Waals surface area contributed by atoms with Gasteiger partial charge in [-0.2, -0.15) is 0 Å². The molecule has 0 unspecified atom stereocenters. The van der Waals surface area contributed by atoms with E-state index >= 15 is 0 Å². The lowest BCUT2D eigenvalue weighted by molar-refractivity contribution is -0.140. The van der Waals surface area contributed by atoms with Gasteiger partial charge in [-0.25, -0.2) is 4.39 Å². The molecule has 26 heavy (non-hydrogen) atoms. The maximum Gasteiger partial charge on any atom is 0.225 e. The van der Waals surface area contributed by atoms with Crippen LogP contribution in [0.15, 0.2) is 18.2 Å². The molecule has 0 aromatic heterocycles. The lowest BCUT2D eigenvalue weighted by Crippen LogP contribution is -2.53. The van der Waals surface area contributed by atoms with Crippen molar-refractivity contribution in [3.05, 3.63) is 29.6 Å². The minimum atomic E-state index is -0.425. The molecule has 1 N–H and O–H groups in total. The number of hydrogen-bond acceptors (Lipinski definition) is 4. The van der Waals surface area contributed by atoms with Gasteiger partial charge in [-0.05, 0) is 51.2 Å². The number of nitrogens with one attached hydrogen (secondary N) is 1. The molecule has 1 spiro atoms. The molecule has 0 radical (unpaired) electrons. The van der Waals surface area contributed by atoms with Crippen molar-refractivity contribution in [2.45, 2.75) is 37.7 Å². The average Bonchev–Trinajstić information content (AvgIpc) is 2.63.